The molecule has 0 spiro atoms. The first-order chi connectivity index (χ1) is 10.1. The summed E-state index contributed by atoms with van der Waals surface area (Å²) in [7, 11) is 1.76. The molecule has 2 rings (SSSR count). The van der Waals surface area contributed by atoms with Gasteiger partial charge in [-0.3, -0.25) is 4.79 Å². The Hall–Kier alpha value is -2.57. The third-order valence-electron chi connectivity index (χ3n) is 3.14. The van der Waals surface area contributed by atoms with Gasteiger partial charge in [-0.2, -0.15) is 0 Å². The van der Waals surface area contributed by atoms with Crippen LogP contribution in [0.2, 0.25) is 0 Å². The lowest BCUT2D eigenvalue weighted by Gasteiger charge is -2.18. The normalized spacial score (nSPS) is 9.67. The Morgan fingerprint density at radius 1 is 1.19 bits per heavy atom. The van der Waals surface area contributed by atoms with Gasteiger partial charge >= 0.3 is 0 Å². The smallest absolute Gasteiger partial charge is 0.258 e. The maximum absolute atomic E-state index is 12.4. The summed E-state index contributed by atoms with van der Waals surface area (Å²) >= 11 is 0. The van der Waals surface area contributed by atoms with Crippen LogP contribution in [0.3, 0.4) is 0 Å². The average molecular weight is 279 g/mol. The van der Waals surface area contributed by atoms with Crippen LogP contribution < -0.4 is 4.90 Å². The average Bonchev–Trinajstić information content (AvgIpc) is 2.52. The molecular formula is C18H17NO2. The predicted molar refractivity (Wildman–Crippen MR) is 84.3 cm³/mol. The zero-order valence-corrected chi connectivity index (χ0v) is 12.1. The van der Waals surface area contributed by atoms with Crippen LogP contribution in [0.25, 0.3) is 0 Å². The number of hydrogen-bond acceptors (Lipinski definition) is 2. The van der Waals surface area contributed by atoms with E-state index < -0.39 is 0 Å². The van der Waals surface area contributed by atoms with Crippen LogP contribution in [0.4, 0.5) is 5.69 Å². The number of amides is 1. The highest BCUT2D eigenvalue weighted by Gasteiger charge is 2.13. The number of aryl methyl sites for hydroxylation is 1. The molecule has 0 radical (unpaired) electrons. The second-order valence-electron chi connectivity index (χ2n) is 4.74. The monoisotopic (exact) mass is 279 g/mol. The molecular weight excluding hydrogens is 262 g/mol. The number of aliphatic hydroxyl groups is 1. The number of aliphatic hydroxyl groups excluding tert-OH is 1. The first-order valence-electron chi connectivity index (χ1n) is 6.66. The third kappa shape index (κ3) is 3.71. The summed E-state index contributed by atoms with van der Waals surface area (Å²) in [5, 5.41) is 8.66. The minimum Gasteiger partial charge on any atom is -0.384 e. The van der Waals surface area contributed by atoms with E-state index in [-0.39, 0.29) is 12.5 Å². The summed E-state index contributed by atoms with van der Waals surface area (Å²) in [5.41, 5.74) is 3.36. The van der Waals surface area contributed by atoms with Gasteiger partial charge in [-0.1, -0.05) is 24.0 Å². The first kappa shape index (κ1) is 14.8. The Morgan fingerprint density at radius 3 is 2.52 bits per heavy atom. The second kappa shape index (κ2) is 6.74. The molecule has 21 heavy (non-hydrogen) atoms. The van der Waals surface area contributed by atoms with Crippen molar-refractivity contribution in [2.45, 2.75) is 6.92 Å². The van der Waals surface area contributed by atoms with Crippen molar-refractivity contribution in [1.29, 1.82) is 0 Å². The van der Waals surface area contributed by atoms with E-state index in [9.17, 15) is 4.79 Å². The number of anilines is 1. The minimum atomic E-state index is -0.170. The molecule has 0 aromatic heterocycles. The van der Waals surface area contributed by atoms with Crippen molar-refractivity contribution in [2.75, 3.05) is 18.6 Å². The van der Waals surface area contributed by atoms with Crippen molar-refractivity contribution in [3.8, 4) is 11.8 Å². The van der Waals surface area contributed by atoms with Crippen LogP contribution in [0, 0.1) is 18.8 Å². The fourth-order valence-corrected chi connectivity index (χ4v) is 1.99. The molecule has 0 aliphatic carbocycles. The molecule has 0 aliphatic rings. The number of carbonyl (C=O) groups is 1. The lowest BCUT2D eigenvalue weighted by atomic mass is 10.1. The fourth-order valence-electron chi connectivity index (χ4n) is 1.99. The van der Waals surface area contributed by atoms with Crippen molar-refractivity contribution in [3.63, 3.8) is 0 Å². The van der Waals surface area contributed by atoms with Gasteiger partial charge in [0.05, 0.1) is 0 Å². The quantitative estimate of drug-likeness (QED) is 0.858. The number of benzene rings is 2. The molecule has 0 aliphatic heterocycles. The standard InChI is InChI=1S/C18H17NO2/c1-14-5-3-7-17(13-14)19(2)18(21)16-10-8-15(9-11-16)6-4-12-20/h3,5,7-11,13,20H,12H2,1-2H3. The number of carbonyl (C=O) groups excluding carboxylic acids is 1. The van der Waals surface area contributed by atoms with Crippen LogP contribution >= 0.6 is 0 Å². The summed E-state index contributed by atoms with van der Waals surface area (Å²) in [4.78, 5) is 14.1. The van der Waals surface area contributed by atoms with Gasteiger partial charge in [-0.15, -0.1) is 0 Å². The fraction of sp³-hybridized carbons (Fsp3) is 0.167. The van der Waals surface area contributed by atoms with Gasteiger partial charge in [-0.25, -0.2) is 0 Å². The van der Waals surface area contributed by atoms with Gasteiger partial charge in [-0.05, 0) is 48.9 Å². The highest BCUT2D eigenvalue weighted by Crippen LogP contribution is 2.17. The Morgan fingerprint density at radius 2 is 1.90 bits per heavy atom. The van der Waals surface area contributed by atoms with E-state index in [4.69, 9.17) is 5.11 Å². The lowest BCUT2D eigenvalue weighted by Crippen LogP contribution is -2.26. The van der Waals surface area contributed by atoms with E-state index in [0.717, 1.165) is 16.8 Å². The summed E-state index contributed by atoms with van der Waals surface area (Å²) in [6, 6.07) is 14.9. The van der Waals surface area contributed by atoms with Gasteiger partial charge in [0, 0.05) is 23.9 Å². The Kier molecular flexibility index (Phi) is 4.76. The van der Waals surface area contributed by atoms with Crippen LogP contribution in [-0.4, -0.2) is 24.7 Å². The zero-order chi connectivity index (χ0) is 15.2. The Balaban J connectivity index is 2.19. The molecule has 0 bridgehead atoms. The van der Waals surface area contributed by atoms with Gasteiger partial charge < -0.3 is 10.0 Å². The molecule has 0 saturated heterocycles. The van der Waals surface area contributed by atoms with Crippen LogP contribution in [0.1, 0.15) is 21.5 Å². The van der Waals surface area contributed by atoms with Crippen molar-refractivity contribution in [2.24, 2.45) is 0 Å². The number of rotatable bonds is 2. The molecule has 2 aromatic rings. The maximum Gasteiger partial charge on any atom is 0.258 e. The van der Waals surface area contributed by atoms with Gasteiger partial charge in [0.15, 0.2) is 0 Å². The molecule has 0 fully saturated rings. The van der Waals surface area contributed by atoms with Crippen molar-refractivity contribution in [1.82, 2.24) is 0 Å². The number of hydrogen-bond donors (Lipinski definition) is 1. The Labute approximate surface area is 124 Å². The van der Waals surface area contributed by atoms with E-state index in [1.54, 1.807) is 36.2 Å². The van der Waals surface area contributed by atoms with Gasteiger partial charge in [0.25, 0.3) is 5.91 Å². The molecule has 1 N–H and O–H groups in total. The van der Waals surface area contributed by atoms with E-state index >= 15 is 0 Å². The van der Waals surface area contributed by atoms with Crippen molar-refractivity contribution in [3.05, 3.63) is 65.2 Å². The van der Waals surface area contributed by atoms with E-state index in [1.165, 1.54) is 0 Å². The van der Waals surface area contributed by atoms with E-state index in [0.29, 0.717) is 5.56 Å². The highest BCUT2D eigenvalue weighted by atomic mass is 16.2. The topological polar surface area (TPSA) is 40.5 Å². The molecule has 0 atom stereocenters. The molecule has 2 aromatic carbocycles. The summed E-state index contributed by atoms with van der Waals surface area (Å²) < 4.78 is 0. The van der Waals surface area contributed by atoms with E-state index in [2.05, 4.69) is 11.8 Å². The largest absolute Gasteiger partial charge is 0.384 e. The van der Waals surface area contributed by atoms with Crippen molar-refractivity contribution >= 4 is 11.6 Å². The molecule has 0 saturated carbocycles. The van der Waals surface area contributed by atoms with Crippen LogP contribution in [0.5, 0.6) is 0 Å². The molecule has 1 amide bonds. The molecule has 3 heteroatoms. The summed E-state index contributed by atoms with van der Waals surface area (Å²) in [6.45, 7) is 1.83. The molecule has 106 valence electrons. The lowest BCUT2D eigenvalue weighted by molar-refractivity contribution is 0.0993. The third-order valence-corrected chi connectivity index (χ3v) is 3.14. The molecule has 0 unspecified atom stereocenters. The minimum absolute atomic E-state index is 0.0673. The van der Waals surface area contributed by atoms with Gasteiger partial charge in [0.1, 0.15) is 6.61 Å². The van der Waals surface area contributed by atoms with Crippen LogP contribution in [0.15, 0.2) is 48.5 Å². The molecule has 3 nitrogen and oxygen atoms in total. The van der Waals surface area contributed by atoms with Crippen LogP contribution in [-0.2, 0) is 0 Å². The Bertz CT molecular complexity index is 693. The first-order valence-corrected chi connectivity index (χ1v) is 6.66. The van der Waals surface area contributed by atoms with E-state index in [1.807, 2.05) is 31.2 Å². The second-order valence-corrected chi connectivity index (χ2v) is 4.74. The van der Waals surface area contributed by atoms with Gasteiger partial charge in [0.2, 0.25) is 0 Å². The summed E-state index contributed by atoms with van der Waals surface area (Å²) in [6.07, 6.45) is 0. The predicted octanol–water partition coefficient (Wildman–Crippen LogP) is 2.62. The zero-order valence-electron chi connectivity index (χ0n) is 12.1. The number of nitrogens with zero attached hydrogens (tertiary/aromatic N) is 1. The maximum atomic E-state index is 12.4. The molecule has 0 heterocycles. The van der Waals surface area contributed by atoms with Crippen molar-refractivity contribution < 1.29 is 9.90 Å². The highest BCUT2D eigenvalue weighted by molar-refractivity contribution is 6.05. The SMILES string of the molecule is Cc1cccc(N(C)C(=O)c2ccc(C#CCO)cc2)c1. The summed E-state index contributed by atoms with van der Waals surface area (Å²) in [5.74, 6) is 5.31.